The number of benzene rings is 1. The molecule has 1 saturated heterocycles. The molecule has 2 aromatic rings. The third-order valence-corrected chi connectivity index (χ3v) is 6.32. The van der Waals surface area contributed by atoms with Crippen LogP contribution in [0.25, 0.3) is 10.9 Å². The number of carbonyl (C=O) groups excluding carboxylic acids is 1. The summed E-state index contributed by atoms with van der Waals surface area (Å²) in [7, 11) is 0. The van der Waals surface area contributed by atoms with E-state index in [0.717, 1.165) is 30.4 Å². The fourth-order valence-electron chi connectivity index (χ4n) is 3.30. The van der Waals surface area contributed by atoms with Crippen LogP contribution >= 0.6 is 27.7 Å². The maximum absolute atomic E-state index is 12.8. The summed E-state index contributed by atoms with van der Waals surface area (Å²) in [6.07, 6.45) is 4.54. The van der Waals surface area contributed by atoms with Crippen LogP contribution in [0.2, 0.25) is 0 Å². The minimum atomic E-state index is -0.259. The Morgan fingerprint density at radius 1 is 1.27 bits per heavy atom. The number of halogens is 1. The predicted molar refractivity (Wildman–Crippen MR) is 110 cm³/mol. The molecule has 1 aromatic carbocycles. The molecular formula is C19H24BrN3O2S. The summed E-state index contributed by atoms with van der Waals surface area (Å²) in [5.74, 6) is 0.143. The molecule has 0 radical (unpaired) electrons. The van der Waals surface area contributed by atoms with Crippen LogP contribution in [0.5, 0.6) is 0 Å². The molecule has 3 rings (SSSR count). The molecule has 5 nitrogen and oxygen atoms in total. The first-order valence-electron chi connectivity index (χ1n) is 9.16. The second-order valence-corrected chi connectivity index (χ2v) is 8.83. The normalized spacial score (nSPS) is 16.5. The molecule has 1 atom stereocenters. The molecule has 1 unspecified atom stereocenters. The molecule has 1 fully saturated rings. The molecule has 1 aliphatic heterocycles. The van der Waals surface area contributed by atoms with E-state index in [0.29, 0.717) is 22.6 Å². The van der Waals surface area contributed by atoms with Crippen molar-refractivity contribution >= 4 is 44.5 Å². The first kappa shape index (κ1) is 19.4. The molecule has 140 valence electrons. The van der Waals surface area contributed by atoms with Crippen molar-refractivity contribution in [1.29, 1.82) is 0 Å². The van der Waals surface area contributed by atoms with Gasteiger partial charge in [0.05, 0.1) is 16.2 Å². The van der Waals surface area contributed by atoms with Crippen molar-refractivity contribution in [2.75, 3.05) is 13.1 Å². The van der Waals surface area contributed by atoms with Gasteiger partial charge in [-0.25, -0.2) is 4.98 Å². The zero-order valence-electron chi connectivity index (χ0n) is 15.2. The lowest BCUT2D eigenvalue weighted by molar-refractivity contribution is -0.130. The Kier molecular flexibility index (Phi) is 6.40. The molecule has 2 heterocycles. The Labute approximate surface area is 166 Å². The Hall–Kier alpha value is -1.34. The zero-order valence-corrected chi connectivity index (χ0v) is 17.6. The van der Waals surface area contributed by atoms with Crippen LogP contribution in [0.3, 0.4) is 0 Å². The second-order valence-electron chi connectivity index (χ2n) is 6.60. The second kappa shape index (κ2) is 8.57. The summed E-state index contributed by atoms with van der Waals surface area (Å²) < 4.78 is 2.52. The van der Waals surface area contributed by atoms with Crippen LogP contribution in [-0.2, 0) is 11.3 Å². The average Bonchev–Trinajstić information content (AvgIpc) is 2.91. The summed E-state index contributed by atoms with van der Waals surface area (Å²) >= 11 is 4.80. The van der Waals surface area contributed by atoms with Gasteiger partial charge < -0.3 is 4.90 Å². The van der Waals surface area contributed by atoms with Crippen molar-refractivity contribution in [2.45, 2.75) is 56.5 Å². The molecule has 1 aromatic heterocycles. The summed E-state index contributed by atoms with van der Waals surface area (Å²) in [5, 5.41) is 0.950. The largest absolute Gasteiger partial charge is 0.342 e. The number of amides is 1. The van der Waals surface area contributed by atoms with Gasteiger partial charge in [-0.2, -0.15) is 0 Å². The van der Waals surface area contributed by atoms with Crippen LogP contribution in [0.4, 0.5) is 0 Å². The van der Waals surface area contributed by atoms with Crippen molar-refractivity contribution in [2.24, 2.45) is 0 Å². The van der Waals surface area contributed by atoms with Gasteiger partial charge in [-0.05, 0) is 44.9 Å². The van der Waals surface area contributed by atoms with E-state index in [9.17, 15) is 9.59 Å². The first-order valence-corrected chi connectivity index (χ1v) is 10.8. The van der Waals surface area contributed by atoms with Gasteiger partial charge >= 0.3 is 0 Å². The summed E-state index contributed by atoms with van der Waals surface area (Å²) in [4.78, 5) is 32.3. The van der Waals surface area contributed by atoms with Crippen molar-refractivity contribution < 1.29 is 4.79 Å². The van der Waals surface area contributed by atoms with Gasteiger partial charge in [0.1, 0.15) is 0 Å². The number of likely N-dealkylation sites (tertiary alicyclic amines) is 1. The molecule has 0 N–H and O–H groups in total. The van der Waals surface area contributed by atoms with Crippen LogP contribution in [0.15, 0.2) is 32.6 Å². The highest BCUT2D eigenvalue weighted by Crippen LogP contribution is 2.25. The lowest BCUT2D eigenvalue weighted by Gasteiger charge is -2.24. The molecule has 0 aliphatic carbocycles. The van der Waals surface area contributed by atoms with Gasteiger partial charge in [-0.1, -0.05) is 40.5 Å². The van der Waals surface area contributed by atoms with E-state index in [1.54, 1.807) is 10.6 Å². The van der Waals surface area contributed by atoms with Gasteiger partial charge in [0.25, 0.3) is 5.56 Å². The van der Waals surface area contributed by atoms with E-state index in [-0.39, 0.29) is 16.7 Å². The van der Waals surface area contributed by atoms with Crippen molar-refractivity contribution in [3.63, 3.8) is 0 Å². The highest BCUT2D eigenvalue weighted by molar-refractivity contribution is 9.10. The van der Waals surface area contributed by atoms with E-state index in [4.69, 9.17) is 0 Å². The molecule has 7 heteroatoms. The predicted octanol–water partition coefficient (Wildman–Crippen LogP) is 4.06. The number of fused-ring (bicyclic) bond motifs is 1. The first-order chi connectivity index (χ1) is 12.5. The topological polar surface area (TPSA) is 55.2 Å². The van der Waals surface area contributed by atoms with Crippen LogP contribution < -0.4 is 5.56 Å². The lowest BCUT2D eigenvalue weighted by atomic mass is 10.2. The fourth-order valence-corrected chi connectivity index (χ4v) is 4.72. The molecular weight excluding hydrogens is 414 g/mol. The van der Waals surface area contributed by atoms with E-state index < -0.39 is 0 Å². The van der Waals surface area contributed by atoms with Gasteiger partial charge in [-0.3, -0.25) is 14.2 Å². The number of aromatic nitrogens is 2. The number of carbonyl (C=O) groups is 1. The number of hydrogen-bond acceptors (Lipinski definition) is 4. The van der Waals surface area contributed by atoms with Crippen LogP contribution in [0, 0.1) is 0 Å². The highest BCUT2D eigenvalue weighted by atomic mass is 79.9. The Bertz CT molecular complexity index is 860. The Morgan fingerprint density at radius 2 is 1.96 bits per heavy atom. The number of nitrogens with zero attached hydrogens (tertiary/aromatic N) is 3. The van der Waals surface area contributed by atoms with Crippen molar-refractivity contribution in [3.05, 3.63) is 33.0 Å². The SMILES string of the molecule is CCn1c(SC(C)C(=O)N2CCCCCC2)nc2ccc(Br)cc2c1=O. The van der Waals surface area contributed by atoms with E-state index >= 15 is 0 Å². The summed E-state index contributed by atoms with van der Waals surface area (Å²) in [6.45, 7) is 6.04. The summed E-state index contributed by atoms with van der Waals surface area (Å²) in [6, 6.07) is 5.52. The van der Waals surface area contributed by atoms with Gasteiger partial charge in [-0.15, -0.1) is 0 Å². The fraction of sp³-hybridized carbons (Fsp3) is 0.526. The van der Waals surface area contributed by atoms with Gasteiger partial charge in [0.15, 0.2) is 5.16 Å². The quantitative estimate of drug-likeness (QED) is 0.534. The van der Waals surface area contributed by atoms with E-state index in [1.165, 1.54) is 24.6 Å². The third-order valence-electron chi connectivity index (χ3n) is 4.75. The molecule has 26 heavy (non-hydrogen) atoms. The van der Waals surface area contributed by atoms with Crippen molar-refractivity contribution in [3.8, 4) is 0 Å². The number of thioether (sulfide) groups is 1. The number of hydrogen-bond donors (Lipinski definition) is 0. The maximum atomic E-state index is 12.8. The zero-order chi connectivity index (χ0) is 18.7. The lowest BCUT2D eigenvalue weighted by Crippen LogP contribution is -2.37. The molecule has 1 amide bonds. The maximum Gasteiger partial charge on any atom is 0.262 e. The Balaban J connectivity index is 1.88. The van der Waals surface area contributed by atoms with Gasteiger partial charge in [0, 0.05) is 24.1 Å². The number of rotatable bonds is 4. The minimum Gasteiger partial charge on any atom is -0.342 e. The standard InChI is InChI=1S/C19H24BrN3O2S/c1-3-23-18(25)15-12-14(20)8-9-16(15)21-19(23)26-13(2)17(24)22-10-6-4-5-7-11-22/h8-9,12-13H,3-7,10-11H2,1-2H3. The van der Waals surface area contributed by atoms with Crippen LogP contribution in [0.1, 0.15) is 39.5 Å². The average molecular weight is 438 g/mol. The third kappa shape index (κ3) is 4.14. The van der Waals surface area contributed by atoms with E-state index in [1.807, 2.05) is 30.9 Å². The molecule has 1 aliphatic rings. The highest BCUT2D eigenvalue weighted by Gasteiger charge is 2.24. The molecule has 0 saturated carbocycles. The summed E-state index contributed by atoms with van der Waals surface area (Å²) in [5.41, 5.74) is 0.607. The Morgan fingerprint density at radius 3 is 2.62 bits per heavy atom. The minimum absolute atomic E-state index is 0.0595. The van der Waals surface area contributed by atoms with Crippen LogP contribution in [-0.4, -0.2) is 38.7 Å². The molecule has 0 spiro atoms. The van der Waals surface area contributed by atoms with Crippen molar-refractivity contribution in [1.82, 2.24) is 14.5 Å². The van der Waals surface area contributed by atoms with Gasteiger partial charge in [0.2, 0.25) is 5.91 Å². The molecule has 0 bridgehead atoms. The monoisotopic (exact) mass is 437 g/mol. The smallest absolute Gasteiger partial charge is 0.262 e. The van der Waals surface area contributed by atoms with E-state index in [2.05, 4.69) is 20.9 Å².